The number of nitrogens with two attached hydrogens (primary N) is 1. The van der Waals surface area contributed by atoms with Crippen molar-refractivity contribution in [3.63, 3.8) is 0 Å². The summed E-state index contributed by atoms with van der Waals surface area (Å²) in [4.78, 5) is 106. The van der Waals surface area contributed by atoms with Crippen LogP contribution in [-0.4, -0.2) is 143 Å². The summed E-state index contributed by atoms with van der Waals surface area (Å²) in [7, 11) is -9.63. The molecule has 456 valence electrons. The van der Waals surface area contributed by atoms with Crippen molar-refractivity contribution in [2.24, 2.45) is 0 Å². The Kier molecular flexibility index (Phi) is 17.8. The van der Waals surface area contributed by atoms with E-state index in [-0.39, 0.29) is 72.5 Å². The van der Waals surface area contributed by atoms with Gasteiger partial charge in [0, 0.05) is 98.3 Å². The number of imidazole rings is 1. The van der Waals surface area contributed by atoms with Crippen LogP contribution in [0.5, 0.6) is 11.5 Å². The molecule has 1 saturated heterocycles. The van der Waals surface area contributed by atoms with Gasteiger partial charge in [0.05, 0.1) is 24.5 Å². The number of aromatic nitrogens is 4. The predicted molar refractivity (Wildman–Crippen MR) is 317 cm³/mol. The number of amides is 3. The van der Waals surface area contributed by atoms with Crippen molar-refractivity contribution >= 4 is 91.6 Å². The number of aliphatic hydroxyl groups excluding tert-OH is 1. The lowest BCUT2D eigenvalue weighted by molar-refractivity contribution is -0.121. The van der Waals surface area contributed by atoms with Gasteiger partial charge in [-0.15, -0.1) is 0 Å². The van der Waals surface area contributed by atoms with E-state index < -0.39 is 65.2 Å². The van der Waals surface area contributed by atoms with Gasteiger partial charge in [0.15, 0.2) is 29.0 Å². The maximum Gasteiger partial charge on any atom is 0.488 e. The van der Waals surface area contributed by atoms with Crippen molar-refractivity contribution < 1.29 is 75.5 Å². The van der Waals surface area contributed by atoms with E-state index in [9.17, 15) is 53.0 Å². The standard InChI is InChI=1S/C54H67N10O17P3S/c1-10-63-37-23-39-35(21-33(37)29(3)25-53(63,5)6)43(36-22-34-30(4)26-54(7,8)64(11-2)38(34)24-40(36)77-39)31-15-12-13-16-32(31)49(68)61(9)20-14-17-42(65)56-18-19-57-52(69)79-46-45(66)41(27-76-82(70,71)80-83(72,73)81-84(74,75)85)78-50(46)62-28-58-44-47(62)59-51(55)60-48(44)67/h12-13,15-16,21-26,28,41,45-46,50,66H,10-11,14,17-20,27H2,1-9H3,(H8-,55,56,57,59,60,65,67,69,70,71,72,73,74,75,85)/p+1/t41-,45-,46-,50-/m1/s1. The van der Waals surface area contributed by atoms with Gasteiger partial charge in [0.1, 0.15) is 30.3 Å². The second kappa shape index (κ2) is 24.0. The average Bonchev–Trinajstić information content (AvgIpc) is 1.37. The third-order valence-corrected chi connectivity index (χ3v) is 19.4. The number of nitrogens with one attached hydrogen (secondary N) is 3. The first-order chi connectivity index (χ1) is 39.8. The van der Waals surface area contributed by atoms with Crippen molar-refractivity contribution in [2.75, 3.05) is 57.0 Å². The molecule has 0 bridgehead atoms. The number of benzene rings is 3. The Hall–Kier alpha value is -6.48. The highest BCUT2D eigenvalue weighted by Crippen LogP contribution is 2.66. The summed E-state index contributed by atoms with van der Waals surface area (Å²) in [5.74, 6) is 0.374. The summed E-state index contributed by atoms with van der Waals surface area (Å²) in [6.07, 6.45) is -2.13. The summed E-state index contributed by atoms with van der Waals surface area (Å²) in [5.41, 5.74) is 12.5. The molecule has 27 nitrogen and oxygen atoms in total. The van der Waals surface area contributed by atoms with Crippen LogP contribution in [0.1, 0.15) is 107 Å². The largest absolute Gasteiger partial charge is 0.488 e. The number of hydrogen-bond donors (Lipinski definition) is 9. The number of ether oxygens (including phenoxy) is 3. The number of aliphatic hydroxyl groups is 1. The molecule has 6 heterocycles. The summed E-state index contributed by atoms with van der Waals surface area (Å²) in [5, 5.41) is 18.4. The van der Waals surface area contributed by atoms with Gasteiger partial charge in [0.2, 0.25) is 17.2 Å². The first kappa shape index (κ1) is 63.0. The van der Waals surface area contributed by atoms with Gasteiger partial charge in [0.25, 0.3) is 11.5 Å². The Morgan fingerprint density at radius 1 is 0.929 bits per heavy atom. The number of H-pyrrole nitrogens is 1. The fraction of sp³-hybridized carbons (Fsp3) is 0.426. The second-order valence-electron chi connectivity index (χ2n) is 21.9. The molecule has 6 atom stereocenters. The van der Waals surface area contributed by atoms with Crippen LogP contribution in [0, 0.1) is 0 Å². The van der Waals surface area contributed by atoms with Gasteiger partial charge in [-0.3, -0.25) is 28.5 Å². The zero-order valence-corrected chi connectivity index (χ0v) is 51.5. The Morgan fingerprint density at radius 2 is 1.64 bits per heavy atom. The molecule has 4 aliphatic heterocycles. The second-order valence-corrected chi connectivity index (χ2v) is 27.7. The fourth-order valence-corrected chi connectivity index (χ4v) is 15.4. The first-order valence-corrected chi connectivity index (χ1v) is 32.7. The van der Waals surface area contributed by atoms with Crippen LogP contribution in [0.15, 0.2) is 71.8 Å². The van der Waals surface area contributed by atoms with Crippen LogP contribution in [0.2, 0.25) is 0 Å². The molecule has 0 aliphatic carbocycles. The molecule has 0 saturated carbocycles. The molecule has 31 heteroatoms. The molecule has 9 rings (SSSR count). The number of phosphoric acid groups is 2. The Bertz CT molecular complexity index is 3960. The molecule has 10 N–H and O–H groups in total. The number of carbonyl (C=O) groups excluding carboxylic acids is 3. The Labute approximate surface area is 492 Å². The smallest absolute Gasteiger partial charge is 0.456 e. The third-order valence-electron chi connectivity index (χ3n) is 15.0. The van der Waals surface area contributed by atoms with E-state index in [2.05, 4.69) is 147 Å². The molecule has 2 unspecified atom stereocenters. The van der Waals surface area contributed by atoms with Crippen molar-refractivity contribution in [3.8, 4) is 11.5 Å². The van der Waals surface area contributed by atoms with Gasteiger partial charge in [-0.1, -0.05) is 24.3 Å². The SMILES string of the molecule is CCN1c2cc3c(cc2C(C)=CC1(C)C)C(c1ccccc1C(=O)N(C)CCCC(=O)NCCNC(=O)O[C@@H]1[C@H](O)[C@@H](COP(=O)(O)OP(=O)(O)OP(O)(O)=S)O[C@H]1n1cnc2c(=O)[nH]c(N)nc21)=c1cc2c(cc1O3)=[N+](CC)C(C)(C)C=C2C. The quantitative estimate of drug-likeness (QED) is 0.0293. The summed E-state index contributed by atoms with van der Waals surface area (Å²) >= 11 is 4.10. The number of allylic oxidation sites excluding steroid dienone is 2. The van der Waals surface area contributed by atoms with Gasteiger partial charge >= 0.3 is 28.5 Å². The van der Waals surface area contributed by atoms with E-state index >= 15 is 0 Å². The number of nitrogens with zero attached hydrogens (tertiary/aromatic N) is 6. The number of aromatic amines is 1. The average molecular weight is 1250 g/mol. The fourth-order valence-electron chi connectivity index (χ4n) is 11.6. The lowest BCUT2D eigenvalue weighted by Gasteiger charge is -2.43. The Balaban J connectivity index is 0.864. The van der Waals surface area contributed by atoms with E-state index in [1.54, 1.807) is 11.9 Å². The molecule has 5 aromatic rings. The topological polar surface area (TPSA) is 365 Å². The van der Waals surface area contributed by atoms with Crippen molar-refractivity contribution in [1.29, 1.82) is 0 Å². The molecule has 2 aromatic heterocycles. The molecule has 4 aliphatic rings. The molecule has 1 fully saturated rings. The number of likely N-dealkylation sites (N-methyl/N-ethyl adjacent to an activating group) is 2. The number of rotatable bonds is 20. The van der Waals surface area contributed by atoms with Crippen LogP contribution >= 0.6 is 22.4 Å². The highest BCUT2D eigenvalue weighted by atomic mass is 32.5. The van der Waals surface area contributed by atoms with E-state index in [1.807, 2.05) is 24.3 Å². The lowest BCUT2D eigenvalue weighted by Crippen LogP contribution is -2.49. The number of anilines is 2. The number of fused-ring (bicyclic) bond motifs is 5. The minimum Gasteiger partial charge on any atom is -0.456 e. The van der Waals surface area contributed by atoms with E-state index in [1.165, 1.54) is 0 Å². The number of phosphoric ester groups is 1. The predicted octanol–water partition coefficient (Wildman–Crippen LogP) is 4.26. The molecule has 85 heavy (non-hydrogen) atoms. The highest BCUT2D eigenvalue weighted by Gasteiger charge is 2.50. The van der Waals surface area contributed by atoms with Crippen LogP contribution in [0.25, 0.3) is 27.9 Å². The molecule has 3 aromatic carbocycles. The monoisotopic (exact) mass is 1250 g/mol. The van der Waals surface area contributed by atoms with Gasteiger partial charge in [-0.25, -0.2) is 27.8 Å². The van der Waals surface area contributed by atoms with Crippen molar-refractivity contribution in [1.82, 2.24) is 39.6 Å². The maximum absolute atomic E-state index is 14.7. The molecule has 0 spiro atoms. The zero-order valence-electron chi connectivity index (χ0n) is 48.0. The van der Waals surface area contributed by atoms with Gasteiger partial charge < -0.3 is 65.1 Å². The molecular formula is C54H68N10O17P3S+. The Morgan fingerprint density at radius 3 is 2.34 bits per heavy atom. The van der Waals surface area contributed by atoms with Crippen LogP contribution in [0.4, 0.5) is 16.4 Å². The molecule has 3 amide bonds. The maximum atomic E-state index is 14.7. The third kappa shape index (κ3) is 13.3. The lowest BCUT2D eigenvalue weighted by atomic mass is 9.83. The van der Waals surface area contributed by atoms with Crippen LogP contribution in [-0.2, 0) is 48.4 Å². The number of carbonyl (C=O) groups is 3. The molecular weight excluding hydrogens is 1190 g/mol. The molecule has 0 radical (unpaired) electrons. The summed E-state index contributed by atoms with van der Waals surface area (Å²) in [6, 6.07) is 16.2. The van der Waals surface area contributed by atoms with Crippen molar-refractivity contribution in [2.45, 2.75) is 104 Å². The summed E-state index contributed by atoms with van der Waals surface area (Å²) < 4.78 is 59.0. The number of nitrogen functional groups attached to an aromatic ring is 1. The van der Waals surface area contributed by atoms with E-state index in [0.717, 1.165) is 79.2 Å². The minimum absolute atomic E-state index is 0.0109. The van der Waals surface area contributed by atoms with Crippen LogP contribution < -0.4 is 46.7 Å². The zero-order chi connectivity index (χ0) is 61.9. The summed E-state index contributed by atoms with van der Waals surface area (Å²) in [6.45, 7) is 12.8. The van der Waals surface area contributed by atoms with Crippen molar-refractivity contribution in [3.05, 3.63) is 116 Å². The van der Waals surface area contributed by atoms with E-state index in [4.69, 9.17) is 24.5 Å². The number of hydrogen-bond acceptors (Lipinski definition) is 18. The van der Waals surface area contributed by atoms with Gasteiger partial charge in [-0.2, -0.15) is 9.29 Å². The minimum atomic E-state index is -5.70. The number of alkyl carbamates (subject to hydrolysis) is 1. The van der Waals surface area contributed by atoms with Crippen LogP contribution in [0.3, 0.4) is 0 Å². The highest BCUT2D eigenvalue weighted by molar-refractivity contribution is 8.08. The normalized spacial score (nSPS) is 20.8. The van der Waals surface area contributed by atoms with E-state index in [0.29, 0.717) is 17.1 Å². The first-order valence-electron chi connectivity index (χ1n) is 27.1. The van der Waals surface area contributed by atoms with Gasteiger partial charge in [-0.05, 0) is 101 Å².